The van der Waals surface area contributed by atoms with E-state index < -0.39 is 30.3 Å². The van der Waals surface area contributed by atoms with E-state index in [1.165, 1.54) is 13.2 Å². The second-order valence-electron chi connectivity index (χ2n) is 4.50. The Morgan fingerprint density at radius 1 is 1.59 bits per heavy atom. The van der Waals surface area contributed by atoms with E-state index in [2.05, 4.69) is 16.6 Å². The molecule has 0 aromatic carbocycles. The van der Waals surface area contributed by atoms with Gasteiger partial charge in [-0.05, 0) is 12.1 Å². The molecule has 8 heteroatoms. The van der Waals surface area contributed by atoms with Gasteiger partial charge >= 0.3 is 11.9 Å². The van der Waals surface area contributed by atoms with Gasteiger partial charge in [-0.2, -0.15) is 8.78 Å². The summed E-state index contributed by atoms with van der Waals surface area (Å²) >= 11 is 1.09. The summed E-state index contributed by atoms with van der Waals surface area (Å²) in [6, 6.07) is 1.96. The average Bonchev–Trinajstić information content (AvgIpc) is 3.04. The number of esters is 1. The minimum absolute atomic E-state index is 0.275. The first-order chi connectivity index (χ1) is 10.4. The summed E-state index contributed by atoms with van der Waals surface area (Å²) in [5.74, 6) is -0.163. The molecular formula is C14H11F2NO4S. The van der Waals surface area contributed by atoms with Crippen LogP contribution in [0.3, 0.4) is 0 Å². The number of hydrogen-bond acceptors (Lipinski definition) is 5. The minimum Gasteiger partial charge on any atom is -0.465 e. The molecule has 0 aliphatic carbocycles. The standard InChI is InChI=1S/C14H11F2NO4S/c1-21-12(19)11-5-4-10(22-11)3-2-6-17-9(8-18)7-14(15,16)13(17)20/h4-5,8-9H,6-7H2,1H3. The molecule has 0 N–H and O–H groups in total. The number of thiophene rings is 1. The summed E-state index contributed by atoms with van der Waals surface area (Å²) in [4.78, 5) is 35.2. The Kier molecular flexibility index (Phi) is 4.56. The van der Waals surface area contributed by atoms with Gasteiger partial charge in [-0.3, -0.25) is 4.79 Å². The summed E-state index contributed by atoms with van der Waals surface area (Å²) in [6.07, 6.45) is -0.497. The van der Waals surface area contributed by atoms with E-state index in [0.717, 1.165) is 16.2 Å². The Balaban J connectivity index is 2.07. The van der Waals surface area contributed by atoms with Crippen LogP contribution in [0, 0.1) is 11.8 Å². The molecule has 1 aromatic rings. The first-order valence-electron chi connectivity index (χ1n) is 6.20. The lowest BCUT2D eigenvalue weighted by Crippen LogP contribution is -2.37. The second kappa shape index (κ2) is 6.23. The summed E-state index contributed by atoms with van der Waals surface area (Å²) < 4.78 is 31.1. The lowest BCUT2D eigenvalue weighted by Gasteiger charge is -2.16. The molecule has 0 saturated carbocycles. The molecular weight excluding hydrogens is 316 g/mol. The highest BCUT2D eigenvalue weighted by Gasteiger charge is 2.53. The highest BCUT2D eigenvalue weighted by atomic mass is 32.1. The molecule has 1 saturated heterocycles. The first kappa shape index (κ1) is 16.1. The number of alkyl halides is 2. The zero-order valence-corrected chi connectivity index (χ0v) is 12.3. The summed E-state index contributed by atoms with van der Waals surface area (Å²) in [5.41, 5.74) is 0. The molecule has 1 unspecified atom stereocenters. The van der Waals surface area contributed by atoms with Crippen LogP contribution in [0.4, 0.5) is 8.78 Å². The summed E-state index contributed by atoms with van der Waals surface area (Å²) in [6.45, 7) is -0.275. The van der Waals surface area contributed by atoms with Crippen molar-refractivity contribution in [1.82, 2.24) is 4.90 Å². The molecule has 1 atom stereocenters. The van der Waals surface area contributed by atoms with Crippen LogP contribution < -0.4 is 0 Å². The Bertz CT molecular complexity index is 674. The van der Waals surface area contributed by atoms with Crippen LogP contribution in [-0.2, 0) is 14.3 Å². The van der Waals surface area contributed by atoms with Crippen molar-refractivity contribution in [3.05, 3.63) is 21.9 Å². The SMILES string of the molecule is COC(=O)c1ccc(C#CCN2C(=O)C(F)(F)CC2C=O)s1. The monoisotopic (exact) mass is 327 g/mol. The number of carbonyl (C=O) groups excluding carboxylic acids is 3. The molecule has 0 spiro atoms. The van der Waals surface area contributed by atoms with Crippen molar-refractivity contribution < 1.29 is 27.9 Å². The molecule has 2 rings (SSSR count). The average molecular weight is 327 g/mol. The highest BCUT2D eigenvalue weighted by molar-refractivity contribution is 7.14. The van der Waals surface area contributed by atoms with E-state index >= 15 is 0 Å². The fraction of sp³-hybridized carbons (Fsp3) is 0.357. The molecule has 2 heterocycles. The number of aldehydes is 1. The van der Waals surface area contributed by atoms with Crippen LogP contribution in [0.1, 0.15) is 21.0 Å². The highest BCUT2D eigenvalue weighted by Crippen LogP contribution is 2.32. The maximum absolute atomic E-state index is 13.3. The smallest absolute Gasteiger partial charge is 0.348 e. The van der Waals surface area contributed by atoms with Crippen molar-refractivity contribution in [2.24, 2.45) is 0 Å². The third-order valence-electron chi connectivity index (χ3n) is 3.05. The molecule has 0 radical (unpaired) electrons. The molecule has 0 bridgehead atoms. The Hall–Kier alpha value is -2.27. The number of hydrogen-bond donors (Lipinski definition) is 0. The number of halogens is 2. The number of rotatable bonds is 3. The van der Waals surface area contributed by atoms with Gasteiger partial charge in [0, 0.05) is 6.42 Å². The number of methoxy groups -OCH3 is 1. The number of nitrogens with zero attached hydrogens (tertiary/aromatic N) is 1. The molecule has 1 aliphatic rings. The Morgan fingerprint density at radius 2 is 2.32 bits per heavy atom. The normalized spacial score (nSPS) is 19.5. The zero-order chi connectivity index (χ0) is 16.3. The van der Waals surface area contributed by atoms with E-state index in [1.54, 1.807) is 6.07 Å². The Morgan fingerprint density at radius 3 is 2.95 bits per heavy atom. The van der Waals surface area contributed by atoms with Crippen LogP contribution in [0.2, 0.25) is 0 Å². The van der Waals surface area contributed by atoms with Crippen LogP contribution in [0.25, 0.3) is 0 Å². The van der Waals surface area contributed by atoms with E-state index in [-0.39, 0.29) is 6.54 Å². The largest absolute Gasteiger partial charge is 0.465 e. The lowest BCUT2D eigenvalue weighted by atomic mass is 10.2. The van der Waals surface area contributed by atoms with Crippen molar-refractivity contribution >= 4 is 29.5 Å². The van der Waals surface area contributed by atoms with Crippen molar-refractivity contribution in [3.8, 4) is 11.8 Å². The molecule has 22 heavy (non-hydrogen) atoms. The van der Waals surface area contributed by atoms with Gasteiger partial charge in [0.25, 0.3) is 5.91 Å². The lowest BCUT2D eigenvalue weighted by molar-refractivity contribution is -0.147. The zero-order valence-electron chi connectivity index (χ0n) is 11.5. The van der Waals surface area contributed by atoms with Crippen molar-refractivity contribution in [3.63, 3.8) is 0 Å². The van der Waals surface area contributed by atoms with E-state index in [9.17, 15) is 23.2 Å². The molecule has 1 amide bonds. The summed E-state index contributed by atoms with van der Waals surface area (Å²) in [7, 11) is 1.26. The van der Waals surface area contributed by atoms with E-state index in [0.29, 0.717) is 16.0 Å². The minimum atomic E-state index is -3.52. The van der Waals surface area contributed by atoms with Crippen LogP contribution >= 0.6 is 11.3 Å². The maximum Gasteiger partial charge on any atom is 0.348 e. The number of amides is 1. The molecule has 5 nitrogen and oxygen atoms in total. The number of likely N-dealkylation sites (tertiary alicyclic amines) is 1. The molecule has 1 aliphatic heterocycles. The van der Waals surface area contributed by atoms with Gasteiger partial charge in [-0.25, -0.2) is 4.79 Å². The second-order valence-corrected chi connectivity index (χ2v) is 5.59. The Labute approximate surface area is 128 Å². The van der Waals surface area contributed by atoms with Crippen molar-refractivity contribution in [1.29, 1.82) is 0 Å². The van der Waals surface area contributed by atoms with Crippen LogP contribution in [0.15, 0.2) is 12.1 Å². The van der Waals surface area contributed by atoms with Crippen LogP contribution in [0.5, 0.6) is 0 Å². The fourth-order valence-corrected chi connectivity index (χ4v) is 2.76. The van der Waals surface area contributed by atoms with Crippen molar-refractivity contribution in [2.45, 2.75) is 18.4 Å². The van der Waals surface area contributed by atoms with Gasteiger partial charge in [-0.1, -0.05) is 11.8 Å². The topological polar surface area (TPSA) is 63.7 Å². The molecule has 1 aromatic heterocycles. The summed E-state index contributed by atoms with van der Waals surface area (Å²) in [5, 5.41) is 0. The van der Waals surface area contributed by atoms with Crippen molar-refractivity contribution in [2.75, 3.05) is 13.7 Å². The van der Waals surface area contributed by atoms with E-state index in [4.69, 9.17) is 0 Å². The third-order valence-corrected chi connectivity index (χ3v) is 4.03. The predicted molar refractivity (Wildman–Crippen MR) is 73.7 cm³/mol. The van der Waals surface area contributed by atoms with Gasteiger partial charge in [-0.15, -0.1) is 11.3 Å². The first-order valence-corrected chi connectivity index (χ1v) is 7.02. The molecule has 1 fully saturated rings. The van der Waals surface area contributed by atoms with Gasteiger partial charge in [0.05, 0.1) is 24.6 Å². The third kappa shape index (κ3) is 3.14. The molecule has 116 valence electrons. The predicted octanol–water partition coefficient (Wildman–Crippen LogP) is 1.32. The van der Waals surface area contributed by atoms with Gasteiger partial charge in [0.15, 0.2) is 0 Å². The maximum atomic E-state index is 13.3. The van der Waals surface area contributed by atoms with Gasteiger partial charge in [0.2, 0.25) is 0 Å². The van der Waals surface area contributed by atoms with Gasteiger partial charge in [0.1, 0.15) is 11.2 Å². The fourth-order valence-electron chi connectivity index (χ4n) is 1.96. The van der Waals surface area contributed by atoms with Crippen LogP contribution in [-0.4, -0.2) is 48.7 Å². The quantitative estimate of drug-likeness (QED) is 0.477. The van der Waals surface area contributed by atoms with E-state index in [1.807, 2.05) is 0 Å². The van der Waals surface area contributed by atoms with Gasteiger partial charge < -0.3 is 14.4 Å². The number of ether oxygens (including phenoxy) is 1. The number of carbonyl (C=O) groups is 3.